The third kappa shape index (κ3) is 3.62. The lowest BCUT2D eigenvalue weighted by molar-refractivity contribution is 0.314. The first-order chi connectivity index (χ1) is 11.3. The minimum atomic E-state index is 0.541. The van der Waals surface area contributed by atoms with Crippen LogP contribution < -0.4 is 5.32 Å². The Morgan fingerprint density at radius 1 is 0.957 bits per heavy atom. The molecule has 2 aliphatic rings. The predicted octanol–water partition coefficient (Wildman–Crippen LogP) is 4.94. The normalized spacial score (nSPS) is 20.3. The molecule has 0 saturated heterocycles. The van der Waals surface area contributed by atoms with Crippen LogP contribution in [0.1, 0.15) is 41.5 Å². The monoisotopic (exact) mass is 325 g/mol. The molecule has 1 fully saturated rings. The molecule has 1 atom stereocenters. The van der Waals surface area contributed by atoms with Crippen molar-refractivity contribution in [2.45, 2.75) is 51.1 Å². The van der Waals surface area contributed by atoms with Crippen LogP contribution in [0.4, 0.5) is 0 Å². The molecular formula is C21H24ClN. The molecule has 2 aromatic rings. The quantitative estimate of drug-likeness (QED) is 0.821. The average molecular weight is 326 g/mol. The average Bonchev–Trinajstić information content (AvgIpc) is 2.91. The Morgan fingerprint density at radius 2 is 1.78 bits per heavy atom. The molecular weight excluding hydrogens is 302 g/mol. The Labute approximate surface area is 144 Å². The van der Waals surface area contributed by atoms with E-state index in [-0.39, 0.29) is 0 Å². The number of halogens is 1. The van der Waals surface area contributed by atoms with Crippen molar-refractivity contribution in [3.8, 4) is 0 Å². The van der Waals surface area contributed by atoms with Crippen molar-refractivity contribution in [2.75, 3.05) is 0 Å². The molecule has 2 heteroatoms. The van der Waals surface area contributed by atoms with Gasteiger partial charge in [-0.3, -0.25) is 0 Å². The van der Waals surface area contributed by atoms with E-state index < -0.39 is 0 Å². The van der Waals surface area contributed by atoms with Gasteiger partial charge in [0.05, 0.1) is 0 Å². The summed E-state index contributed by atoms with van der Waals surface area (Å²) in [5.74, 6) is 0.937. The molecule has 0 aliphatic heterocycles. The maximum absolute atomic E-state index is 6.10. The van der Waals surface area contributed by atoms with Crippen LogP contribution in [-0.4, -0.2) is 6.04 Å². The molecule has 1 unspecified atom stereocenters. The highest BCUT2D eigenvalue weighted by Crippen LogP contribution is 2.30. The maximum atomic E-state index is 6.10. The minimum absolute atomic E-state index is 0.541. The second-order valence-electron chi connectivity index (χ2n) is 7.22. The zero-order valence-electron chi connectivity index (χ0n) is 13.5. The third-order valence-electron chi connectivity index (χ3n) is 5.44. The first kappa shape index (κ1) is 15.2. The molecule has 0 aromatic heterocycles. The number of fused-ring (bicyclic) bond motifs is 1. The second-order valence-corrected chi connectivity index (χ2v) is 7.66. The molecule has 23 heavy (non-hydrogen) atoms. The summed E-state index contributed by atoms with van der Waals surface area (Å²) in [4.78, 5) is 0. The fraction of sp³-hybridized carbons (Fsp3) is 0.429. The Kier molecular flexibility index (Phi) is 4.41. The Morgan fingerprint density at radius 3 is 2.61 bits per heavy atom. The molecule has 2 aliphatic carbocycles. The van der Waals surface area contributed by atoms with E-state index in [2.05, 4.69) is 41.7 Å². The van der Waals surface area contributed by atoms with Crippen molar-refractivity contribution in [1.82, 2.24) is 5.32 Å². The molecule has 1 N–H and O–H groups in total. The number of hydrogen-bond acceptors (Lipinski definition) is 1. The summed E-state index contributed by atoms with van der Waals surface area (Å²) in [5, 5.41) is 4.58. The van der Waals surface area contributed by atoms with E-state index in [1.165, 1.54) is 47.9 Å². The van der Waals surface area contributed by atoms with Gasteiger partial charge in [-0.15, -0.1) is 0 Å². The van der Waals surface area contributed by atoms with Crippen LogP contribution in [0, 0.1) is 5.92 Å². The lowest BCUT2D eigenvalue weighted by Crippen LogP contribution is -2.29. The van der Waals surface area contributed by atoms with Gasteiger partial charge in [0.2, 0.25) is 0 Å². The summed E-state index contributed by atoms with van der Waals surface area (Å²) in [7, 11) is 0. The molecule has 0 heterocycles. The second kappa shape index (κ2) is 6.67. The fourth-order valence-electron chi connectivity index (χ4n) is 3.89. The van der Waals surface area contributed by atoms with E-state index in [1.807, 2.05) is 6.07 Å². The van der Waals surface area contributed by atoms with Gasteiger partial charge >= 0.3 is 0 Å². The van der Waals surface area contributed by atoms with E-state index in [1.54, 1.807) is 0 Å². The van der Waals surface area contributed by atoms with Crippen molar-refractivity contribution in [3.63, 3.8) is 0 Å². The largest absolute Gasteiger partial charge is 0.309 e. The lowest BCUT2D eigenvalue weighted by atomic mass is 9.81. The highest BCUT2D eigenvalue weighted by Gasteiger charge is 2.21. The van der Waals surface area contributed by atoms with Gasteiger partial charge in [0.1, 0.15) is 0 Å². The van der Waals surface area contributed by atoms with Gasteiger partial charge in [-0.05, 0) is 59.6 Å². The number of benzene rings is 2. The highest BCUT2D eigenvalue weighted by molar-refractivity contribution is 6.30. The van der Waals surface area contributed by atoms with Gasteiger partial charge in [0.15, 0.2) is 0 Å². The first-order valence-corrected chi connectivity index (χ1v) is 9.22. The smallest absolute Gasteiger partial charge is 0.0408 e. The molecule has 0 radical (unpaired) electrons. The summed E-state index contributed by atoms with van der Waals surface area (Å²) >= 11 is 6.10. The topological polar surface area (TPSA) is 12.0 Å². The van der Waals surface area contributed by atoms with Crippen molar-refractivity contribution in [3.05, 3.63) is 69.7 Å². The van der Waals surface area contributed by atoms with Crippen LogP contribution >= 0.6 is 11.6 Å². The molecule has 1 nitrogen and oxygen atoms in total. The van der Waals surface area contributed by atoms with Gasteiger partial charge in [0, 0.05) is 17.6 Å². The van der Waals surface area contributed by atoms with E-state index in [9.17, 15) is 0 Å². The van der Waals surface area contributed by atoms with Gasteiger partial charge in [-0.1, -0.05) is 61.2 Å². The molecule has 4 rings (SSSR count). The first-order valence-electron chi connectivity index (χ1n) is 8.85. The molecule has 2 aromatic carbocycles. The van der Waals surface area contributed by atoms with Gasteiger partial charge in [-0.25, -0.2) is 0 Å². The van der Waals surface area contributed by atoms with E-state index >= 15 is 0 Å². The summed E-state index contributed by atoms with van der Waals surface area (Å²) in [6, 6.07) is 16.0. The van der Waals surface area contributed by atoms with E-state index in [0.717, 1.165) is 30.3 Å². The fourth-order valence-corrected chi connectivity index (χ4v) is 4.08. The standard InChI is InChI=1S/C21H24ClN/c22-20-8-7-18-12-21(13-19(18)11-20)23-14-17-6-2-5-16(10-17)9-15-3-1-4-15/h2,5-8,10-11,15,21,23H,1,3-4,9,12-14H2. The third-order valence-corrected chi connectivity index (χ3v) is 5.67. The SMILES string of the molecule is Clc1ccc2c(c1)CC(NCc1cccc(CC3CCC3)c1)C2. The van der Waals surface area contributed by atoms with Crippen LogP contribution in [0.15, 0.2) is 42.5 Å². The van der Waals surface area contributed by atoms with Crippen molar-refractivity contribution < 1.29 is 0 Å². The Hall–Kier alpha value is -1.31. The van der Waals surface area contributed by atoms with Gasteiger partial charge in [0.25, 0.3) is 0 Å². The van der Waals surface area contributed by atoms with E-state index in [0.29, 0.717) is 6.04 Å². The minimum Gasteiger partial charge on any atom is -0.309 e. The maximum Gasteiger partial charge on any atom is 0.0408 e. The summed E-state index contributed by atoms with van der Waals surface area (Å²) in [6.07, 6.45) is 7.75. The van der Waals surface area contributed by atoms with E-state index in [4.69, 9.17) is 11.6 Å². The van der Waals surface area contributed by atoms with Crippen LogP contribution in [0.25, 0.3) is 0 Å². The lowest BCUT2D eigenvalue weighted by Gasteiger charge is -2.25. The van der Waals surface area contributed by atoms with Crippen molar-refractivity contribution >= 4 is 11.6 Å². The summed E-state index contributed by atoms with van der Waals surface area (Å²) < 4.78 is 0. The summed E-state index contributed by atoms with van der Waals surface area (Å²) in [5.41, 5.74) is 5.78. The molecule has 0 amide bonds. The zero-order valence-corrected chi connectivity index (χ0v) is 14.3. The predicted molar refractivity (Wildman–Crippen MR) is 97.0 cm³/mol. The molecule has 120 valence electrons. The Bertz CT molecular complexity index is 690. The molecule has 1 saturated carbocycles. The Balaban J connectivity index is 1.34. The van der Waals surface area contributed by atoms with Crippen molar-refractivity contribution in [1.29, 1.82) is 0 Å². The zero-order chi connectivity index (χ0) is 15.6. The van der Waals surface area contributed by atoms with Crippen LogP contribution in [0.2, 0.25) is 5.02 Å². The highest BCUT2D eigenvalue weighted by atomic mass is 35.5. The van der Waals surface area contributed by atoms with Gasteiger partial charge in [-0.2, -0.15) is 0 Å². The molecule has 0 spiro atoms. The number of hydrogen-bond donors (Lipinski definition) is 1. The number of rotatable bonds is 5. The van der Waals surface area contributed by atoms with Crippen molar-refractivity contribution in [2.24, 2.45) is 5.92 Å². The van der Waals surface area contributed by atoms with Crippen LogP contribution in [0.3, 0.4) is 0 Å². The van der Waals surface area contributed by atoms with Crippen LogP contribution in [-0.2, 0) is 25.8 Å². The van der Waals surface area contributed by atoms with Gasteiger partial charge < -0.3 is 5.32 Å². The number of nitrogens with one attached hydrogen (secondary N) is 1. The molecule has 0 bridgehead atoms. The van der Waals surface area contributed by atoms with Crippen LogP contribution in [0.5, 0.6) is 0 Å². The summed E-state index contributed by atoms with van der Waals surface area (Å²) in [6.45, 7) is 0.963.